The minimum Gasteiger partial charge on any atom is -0.384 e. The van der Waals surface area contributed by atoms with E-state index in [0.717, 1.165) is 37.5 Å². The van der Waals surface area contributed by atoms with E-state index in [4.69, 9.17) is 15.2 Å². The summed E-state index contributed by atoms with van der Waals surface area (Å²) in [6.45, 7) is 4.10. The van der Waals surface area contributed by atoms with E-state index in [1.807, 2.05) is 0 Å². The maximum absolute atomic E-state index is 5.79. The standard InChI is InChI=1S/C13H22N4O2/c1-3-4-11-16-10(14)7-12(17-11)15-8-13(18-2)5-6-19-9-13/h7H,3-6,8-9H2,1-2H3,(H3,14,15,16,17). The number of nitrogens with zero attached hydrogens (tertiary/aromatic N) is 2. The third kappa shape index (κ3) is 3.54. The zero-order chi connectivity index (χ0) is 13.7. The normalized spacial score (nSPS) is 22.6. The van der Waals surface area contributed by atoms with Crippen LogP contribution in [0.1, 0.15) is 25.6 Å². The van der Waals surface area contributed by atoms with Crippen LogP contribution in [0.5, 0.6) is 0 Å². The molecule has 106 valence electrons. The molecule has 19 heavy (non-hydrogen) atoms. The summed E-state index contributed by atoms with van der Waals surface area (Å²) in [7, 11) is 1.72. The number of hydrogen-bond acceptors (Lipinski definition) is 6. The molecule has 1 aromatic heterocycles. The Kier molecular flexibility index (Phi) is 4.55. The molecule has 1 fully saturated rings. The molecule has 1 atom stereocenters. The Hall–Kier alpha value is -1.40. The highest BCUT2D eigenvalue weighted by atomic mass is 16.5. The first-order valence-corrected chi connectivity index (χ1v) is 6.68. The molecule has 2 heterocycles. The number of hydrogen-bond donors (Lipinski definition) is 2. The van der Waals surface area contributed by atoms with Crippen molar-refractivity contribution in [1.29, 1.82) is 0 Å². The number of anilines is 2. The molecule has 1 aromatic rings. The van der Waals surface area contributed by atoms with Gasteiger partial charge in [0, 0.05) is 39.2 Å². The largest absolute Gasteiger partial charge is 0.384 e. The van der Waals surface area contributed by atoms with Crippen molar-refractivity contribution < 1.29 is 9.47 Å². The summed E-state index contributed by atoms with van der Waals surface area (Å²) in [4.78, 5) is 8.66. The molecule has 1 aliphatic heterocycles. The molecule has 1 unspecified atom stereocenters. The molecule has 0 amide bonds. The van der Waals surface area contributed by atoms with Gasteiger partial charge in [-0.05, 0) is 6.42 Å². The van der Waals surface area contributed by atoms with Crippen molar-refractivity contribution in [3.8, 4) is 0 Å². The van der Waals surface area contributed by atoms with Crippen molar-refractivity contribution >= 4 is 11.6 Å². The summed E-state index contributed by atoms with van der Waals surface area (Å²) in [5.41, 5.74) is 5.53. The Balaban J connectivity index is 2.02. The highest BCUT2D eigenvalue weighted by molar-refractivity contribution is 5.45. The van der Waals surface area contributed by atoms with Crippen molar-refractivity contribution in [3.63, 3.8) is 0 Å². The number of ether oxygens (including phenoxy) is 2. The van der Waals surface area contributed by atoms with Gasteiger partial charge in [-0.25, -0.2) is 9.97 Å². The third-order valence-corrected chi connectivity index (χ3v) is 3.36. The fourth-order valence-corrected chi connectivity index (χ4v) is 2.16. The third-order valence-electron chi connectivity index (χ3n) is 3.36. The molecule has 0 saturated carbocycles. The molecule has 6 heteroatoms. The van der Waals surface area contributed by atoms with Gasteiger partial charge in [0.1, 0.15) is 23.1 Å². The van der Waals surface area contributed by atoms with Crippen LogP contribution < -0.4 is 11.1 Å². The van der Waals surface area contributed by atoms with Gasteiger partial charge in [-0.2, -0.15) is 0 Å². The van der Waals surface area contributed by atoms with Crippen LogP contribution in [0.3, 0.4) is 0 Å². The monoisotopic (exact) mass is 266 g/mol. The van der Waals surface area contributed by atoms with Crippen molar-refractivity contribution in [2.24, 2.45) is 0 Å². The topological polar surface area (TPSA) is 82.3 Å². The highest BCUT2D eigenvalue weighted by Crippen LogP contribution is 2.23. The first kappa shape index (κ1) is 14.0. The number of aromatic nitrogens is 2. The summed E-state index contributed by atoms with van der Waals surface area (Å²) >= 11 is 0. The Morgan fingerprint density at radius 3 is 3.00 bits per heavy atom. The number of nitrogens with one attached hydrogen (secondary N) is 1. The molecule has 0 spiro atoms. The smallest absolute Gasteiger partial charge is 0.133 e. The van der Waals surface area contributed by atoms with Crippen LogP contribution >= 0.6 is 0 Å². The summed E-state index contributed by atoms with van der Waals surface area (Å²) in [5, 5.41) is 3.28. The highest BCUT2D eigenvalue weighted by Gasteiger charge is 2.34. The Morgan fingerprint density at radius 2 is 2.37 bits per heavy atom. The molecule has 6 nitrogen and oxygen atoms in total. The van der Waals surface area contributed by atoms with Gasteiger partial charge in [-0.15, -0.1) is 0 Å². The fourth-order valence-electron chi connectivity index (χ4n) is 2.16. The second kappa shape index (κ2) is 6.16. The predicted octanol–water partition coefficient (Wildman–Crippen LogP) is 1.23. The van der Waals surface area contributed by atoms with Gasteiger partial charge in [0.2, 0.25) is 0 Å². The predicted molar refractivity (Wildman–Crippen MR) is 74.1 cm³/mol. The van der Waals surface area contributed by atoms with Gasteiger partial charge in [0.25, 0.3) is 0 Å². The molecular formula is C13H22N4O2. The Labute approximate surface area is 113 Å². The number of nitrogens with two attached hydrogens (primary N) is 1. The molecule has 2 rings (SSSR count). The summed E-state index contributed by atoms with van der Waals surface area (Å²) in [6, 6.07) is 1.75. The molecule has 3 N–H and O–H groups in total. The molecular weight excluding hydrogens is 244 g/mol. The number of methoxy groups -OCH3 is 1. The second-order valence-corrected chi connectivity index (χ2v) is 4.89. The van der Waals surface area contributed by atoms with Gasteiger partial charge in [0.15, 0.2) is 0 Å². The van der Waals surface area contributed by atoms with E-state index in [-0.39, 0.29) is 5.60 Å². The van der Waals surface area contributed by atoms with E-state index in [2.05, 4.69) is 22.2 Å². The van der Waals surface area contributed by atoms with E-state index in [0.29, 0.717) is 19.0 Å². The maximum atomic E-state index is 5.79. The van der Waals surface area contributed by atoms with E-state index >= 15 is 0 Å². The van der Waals surface area contributed by atoms with E-state index in [9.17, 15) is 0 Å². The zero-order valence-corrected chi connectivity index (χ0v) is 11.6. The minimum absolute atomic E-state index is 0.259. The molecule has 0 aliphatic carbocycles. The van der Waals surface area contributed by atoms with E-state index in [1.165, 1.54) is 0 Å². The number of nitrogen functional groups attached to an aromatic ring is 1. The maximum Gasteiger partial charge on any atom is 0.133 e. The van der Waals surface area contributed by atoms with Crippen molar-refractivity contribution in [2.75, 3.05) is 37.9 Å². The van der Waals surface area contributed by atoms with Crippen LogP contribution in [0.25, 0.3) is 0 Å². The molecule has 1 aliphatic rings. The zero-order valence-electron chi connectivity index (χ0n) is 11.6. The SMILES string of the molecule is CCCc1nc(N)cc(NCC2(OC)CCOC2)n1. The molecule has 0 bridgehead atoms. The van der Waals surface area contributed by atoms with Gasteiger partial charge in [-0.3, -0.25) is 0 Å². The van der Waals surface area contributed by atoms with Crippen molar-refractivity contribution in [1.82, 2.24) is 9.97 Å². The first-order chi connectivity index (χ1) is 9.17. The van der Waals surface area contributed by atoms with Crippen molar-refractivity contribution in [2.45, 2.75) is 31.8 Å². The quantitative estimate of drug-likeness (QED) is 0.806. The van der Waals surface area contributed by atoms with Crippen LogP contribution in [0.4, 0.5) is 11.6 Å². The van der Waals surface area contributed by atoms with Crippen molar-refractivity contribution in [3.05, 3.63) is 11.9 Å². The van der Waals surface area contributed by atoms with Gasteiger partial charge < -0.3 is 20.5 Å². The summed E-state index contributed by atoms with van der Waals surface area (Å²) in [5.74, 6) is 2.02. The summed E-state index contributed by atoms with van der Waals surface area (Å²) in [6.07, 6.45) is 2.72. The lowest BCUT2D eigenvalue weighted by molar-refractivity contribution is -0.00625. The number of aryl methyl sites for hydroxylation is 1. The van der Waals surface area contributed by atoms with Gasteiger partial charge in [0.05, 0.1) is 6.61 Å². The minimum atomic E-state index is -0.259. The number of rotatable bonds is 6. The Bertz CT molecular complexity index is 419. The Morgan fingerprint density at radius 1 is 1.53 bits per heavy atom. The fraction of sp³-hybridized carbons (Fsp3) is 0.692. The van der Waals surface area contributed by atoms with Gasteiger partial charge in [-0.1, -0.05) is 6.92 Å². The van der Waals surface area contributed by atoms with Crippen LogP contribution in [0.2, 0.25) is 0 Å². The van der Waals surface area contributed by atoms with E-state index in [1.54, 1.807) is 13.2 Å². The van der Waals surface area contributed by atoms with Crippen LogP contribution in [0.15, 0.2) is 6.07 Å². The second-order valence-electron chi connectivity index (χ2n) is 4.89. The average molecular weight is 266 g/mol. The molecule has 0 aromatic carbocycles. The van der Waals surface area contributed by atoms with Crippen LogP contribution in [-0.2, 0) is 15.9 Å². The molecule has 1 saturated heterocycles. The lowest BCUT2D eigenvalue weighted by atomic mass is 10.0. The lowest BCUT2D eigenvalue weighted by Crippen LogP contribution is -2.39. The van der Waals surface area contributed by atoms with Crippen LogP contribution in [0, 0.1) is 0 Å². The van der Waals surface area contributed by atoms with E-state index < -0.39 is 0 Å². The van der Waals surface area contributed by atoms with Gasteiger partial charge >= 0.3 is 0 Å². The summed E-state index contributed by atoms with van der Waals surface area (Å²) < 4.78 is 11.0. The molecule has 0 radical (unpaired) electrons. The lowest BCUT2D eigenvalue weighted by Gasteiger charge is -2.26. The first-order valence-electron chi connectivity index (χ1n) is 6.68. The average Bonchev–Trinajstić information content (AvgIpc) is 2.86. The van der Waals surface area contributed by atoms with Crippen LogP contribution in [-0.4, -0.2) is 42.4 Å².